The fraction of sp³-hybridized carbons (Fsp3) is 1.00. The monoisotopic (exact) mass is 182 g/mol. The molecule has 1 fully saturated rings. The Morgan fingerprint density at radius 1 is 1.15 bits per heavy atom. The van der Waals surface area contributed by atoms with Crippen molar-refractivity contribution in [2.75, 3.05) is 0 Å². The van der Waals surface area contributed by atoms with E-state index in [2.05, 4.69) is 41.5 Å². The Balaban J connectivity index is 2.64. The minimum absolute atomic E-state index is 0.508. The van der Waals surface area contributed by atoms with Crippen molar-refractivity contribution in [2.45, 2.75) is 60.8 Å². The van der Waals surface area contributed by atoms with Crippen LogP contribution in [-0.4, -0.2) is 0 Å². The molecule has 0 aromatic heterocycles. The van der Waals surface area contributed by atoms with Gasteiger partial charge in [0.2, 0.25) is 0 Å². The van der Waals surface area contributed by atoms with Crippen LogP contribution in [0.4, 0.5) is 0 Å². The maximum absolute atomic E-state index is 2.45. The molecule has 0 bridgehead atoms. The van der Waals surface area contributed by atoms with Crippen molar-refractivity contribution in [3.63, 3.8) is 0 Å². The number of hydrogen-bond donors (Lipinski definition) is 0. The lowest BCUT2D eigenvalue weighted by atomic mass is 9.79. The van der Waals surface area contributed by atoms with Gasteiger partial charge in [0.05, 0.1) is 0 Å². The highest BCUT2D eigenvalue weighted by atomic mass is 14.6. The highest BCUT2D eigenvalue weighted by Gasteiger charge is 2.59. The van der Waals surface area contributed by atoms with Gasteiger partial charge in [0, 0.05) is 0 Å². The minimum atomic E-state index is 0.508. The molecule has 13 heavy (non-hydrogen) atoms. The van der Waals surface area contributed by atoms with Crippen LogP contribution in [0.3, 0.4) is 0 Å². The number of rotatable bonds is 3. The Bertz CT molecular complexity index is 175. The molecular weight excluding hydrogens is 156 g/mol. The first-order valence-corrected chi connectivity index (χ1v) is 5.87. The summed E-state index contributed by atoms with van der Waals surface area (Å²) < 4.78 is 0. The van der Waals surface area contributed by atoms with Crippen LogP contribution in [0.1, 0.15) is 60.8 Å². The third-order valence-corrected chi connectivity index (χ3v) is 4.10. The summed E-state index contributed by atoms with van der Waals surface area (Å²) in [6, 6.07) is 0. The molecule has 3 unspecified atom stereocenters. The maximum atomic E-state index is 2.45. The van der Waals surface area contributed by atoms with Crippen LogP contribution >= 0.6 is 0 Å². The van der Waals surface area contributed by atoms with Crippen molar-refractivity contribution < 1.29 is 0 Å². The predicted octanol–water partition coefficient (Wildman–Crippen LogP) is 4.49. The lowest BCUT2D eigenvalue weighted by Crippen LogP contribution is -2.16. The standard InChI is InChI=1S/C13H26/c1-7-11-10(3)13(11,8-2)9-12(4,5)6/h10-11H,7-9H2,1-6H3. The Morgan fingerprint density at radius 2 is 1.69 bits per heavy atom. The Hall–Kier alpha value is 0. The maximum Gasteiger partial charge on any atom is -0.0236 e. The molecule has 0 aromatic carbocycles. The van der Waals surface area contributed by atoms with E-state index in [9.17, 15) is 0 Å². The van der Waals surface area contributed by atoms with E-state index < -0.39 is 0 Å². The molecule has 1 aliphatic carbocycles. The first-order chi connectivity index (χ1) is 5.87. The van der Waals surface area contributed by atoms with E-state index in [1.807, 2.05) is 0 Å². The van der Waals surface area contributed by atoms with Crippen molar-refractivity contribution in [3.8, 4) is 0 Å². The summed E-state index contributed by atoms with van der Waals surface area (Å²) >= 11 is 0. The summed E-state index contributed by atoms with van der Waals surface area (Å²) in [7, 11) is 0. The Morgan fingerprint density at radius 3 is 1.92 bits per heavy atom. The molecule has 0 nitrogen and oxygen atoms in total. The lowest BCUT2D eigenvalue weighted by molar-refractivity contribution is 0.242. The molecule has 0 saturated heterocycles. The molecule has 0 heteroatoms. The van der Waals surface area contributed by atoms with E-state index in [0.29, 0.717) is 10.8 Å². The van der Waals surface area contributed by atoms with E-state index in [1.165, 1.54) is 19.3 Å². The zero-order chi connectivity index (χ0) is 10.3. The average molecular weight is 182 g/mol. The van der Waals surface area contributed by atoms with E-state index >= 15 is 0 Å². The topological polar surface area (TPSA) is 0 Å². The van der Waals surface area contributed by atoms with E-state index in [4.69, 9.17) is 0 Å². The summed E-state index contributed by atoms with van der Waals surface area (Å²) in [4.78, 5) is 0. The van der Waals surface area contributed by atoms with Crippen LogP contribution in [0.15, 0.2) is 0 Å². The average Bonchev–Trinajstić information content (AvgIpc) is 2.53. The predicted molar refractivity (Wildman–Crippen MR) is 59.7 cm³/mol. The highest BCUT2D eigenvalue weighted by molar-refractivity contribution is 5.08. The fourth-order valence-electron chi connectivity index (χ4n) is 3.55. The van der Waals surface area contributed by atoms with Gasteiger partial charge in [-0.15, -0.1) is 0 Å². The van der Waals surface area contributed by atoms with Crippen LogP contribution in [-0.2, 0) is 0 Å². The lowest BCUT2D eigenvalue weighted by Gasteiger charge is -2.26. The van der Waals surface area contributed by atoms with Gasteiger partial charge in [0.15, 0.2) is 0 Å². The van der Waals surface area contributed by atoms with Gasteiger partial charge < -0.3 is 0 Å². The van der Waals surface area contributed by atoms with Gasteiger partial charge in [-0.3, -0.25) is 0 Å². The summed E-state index contributed by atoms with van der Waals surface area (Å²) in [5.41, 5.74) is 1.21. The zero-order valence-corrected chi connectivity index (χ0v) is 10.3. The van der Waals surface area contributed by atoms with Gasteiger partial charge in [0.1, 0.15) is 0 Å². The molecule has 1 rings (SSSR count). The van der Waals surface area contributed by atoms with Gasteiger partial charge in [-0.05, 0) is 35.5 Å². The van der Waals surface area contributed by atoms with Crippen molar-refractivity contribution in [3.05, 3.63) is 0 Å². The van der Waals surface area contributed by atoms with Crippen LogP contribution in [0.2, 0.25) is 0 Å². The quantitative estimate of drug-likeness (QED) is 0.603. The Kier molecular flexibility index (Phi) is 2.81. The summed E-state index contributed by atoms with van der Waals surface area (Å²) in [5, 5.41) is 0. The van der Waals surface area contributed by atoms with Gasteiger partial charge >= 0.3 is 0 Å². The molecule has 0 heterocycles. The molecule has 0 amide bonds. The molecular formula is C13H26. The van der Waals surface area contributed by atoms with Crippen molar-refractivity contribution in [1.29, 1.82) is 0 Å². The van der Waals surface area contributed by atoms with Gasteiger partial charge in [0.25, 0.3) is 0 Å². The summed E-state index contributed by atoms with van der Waals surface area (Å²) in [6.07, 6.45) is 4.17. The third kappa shape index (κ3) is 1.92. The van der Waals surface area contributed by atoms with Crippen LogP contribution in [0.25, 0.3) is 0 Å². The molecule has 3 atom stereocenters. The molecule has 0 aliphatic heterocycles. The largest absolute Gasteiger partial charge is 0.0651 e. The molecule has 1 saturated carbocycles. The normalized spacial score (nSPS) is 39.2. The second-order valence-electron chi connectivity index (χ2n) is 6.13. The second-order valence-corrected chi connectivity index (χ2v) is 6.13. The van der Waals surface area contributed by atoms with E-state index in [0.717, 1.165) is 11.8 Å². The third-order valence-electron chi connectivity index (χ3n) is 4.10. The summed E-state index contributed by atoms with van der Waals surface area (Å²) in [5.74, 6) is 1.98. The first kappa shape index (κ1) is 11.1. The second kappa shape index (κ2) is 3.29. The van der Waals surface area contributed by atoms with Gasteiger partial charge in [-0.25, -0.2) is 0 Å². The number of hydrogen-bond acceptors (Lipinski definition) is 0. The Labute approximate surface area is 84.1 Å². The van der Waals surface area contributed by atoms with Crippen molar-refractivity contribution in [2.24, 2.45) is 22.7 Å². The highest BCUT2D eigenvalue weighted by Crippen LogP contribution is 2.66. The molecule has 1 aliphatic rings. The molecule has 0 radical (unpaired) electrons. The molecule has 0 N–H and O–H groups in total. The SMILES string of the molecule is CCC1C(C)C1(CC)CC(C)(C)C. The smallest absolute Gasteiger partial charge is 0.0236 e. The van der Waals surface area contributed by atoms with Gasteiger partial charge in [-0.1, -0.05) is 48.0 Å². The van der Waals surface area contributed by atoms with E-state index in [1.54, 1.807) is 0 Å². The summed E-state index contributed by atoms with van der Waals surface area (Å²) in [6.45, 7) is 14.3. The zero-order valence-electron chi connectivity index (χ0n) is 10.3. The first-order valence-electron chi connectivity index (χ1n) is 5.87. The van der Waals surface area contributed by atoms with Crippen LogP contribution in [0.5, 0.6) is 0 Å². The van der Waals surface area contributed by atoms with E-state index in [-0.39, 0.29) is 0 Å². The molecule has 78 valence electrons. The van der Waals surface area contributed by atoms with Crippen molar-refractivity contribution >= 4 is 0 Å². The van der Waals surface area contributed by atoms with Crippen LogP contribution < -0.4 is 0 Å². The van der Waals surface area contributed by atoms with Crippen molar-refractivity contribution in [1.82, 2.24) is 0 Å². The van der Waals surface area contributed by atoms with Gasteiger partial charge in [-0.2, -0.15) is 0 Å². The molecule has 0 aromatic rings. The molecule has 0 spiro atoms. The van der Waals surface area contributed by atoms with Crippen LogP contribution in [0, 0.1) is 22.7 Å². The minimum Gasteiger partial charge on any atom is -0.0651 e. The fourth-order valence-corrected chi connectivity index (χ4v) is 3.55.